The molecule has 0 heterocycles. The van der Waals surface area contributed by atoms with Gasteiger partial charge in [-0.2, -0.15) is 0 Å². The number of nitrogens with one attached hydrogen (secondary N) is 1. The van der Waals surface area contributed by atoms with Crippen LogP contribution in [-0.4, -0.2) is 38.4 Å². The van der Waals surface area contributed by atoms with E-state index < -0.39 is 5.60 Å². The van der Waals surface area contributed by atoms with Gasteiger partial charge in [0.05, 0.1) is 25.2 Å². The molecule has 0 bridgehead atoms. The maximum absolute atomic E-state index is 11.5. The Labute approximate surface area is 98.0 Å². The van der Waals surface area contributed by atoms with E-state index in [9.17, 15) is 4.79 Å². The number of carbonyl (C=O) groups is 1. The van der Waals surface area contributed by atoms with Crippen molar-refractivity contribution in [3.63, 3.8) is 0 Å². The zero-order valence-electron chi connectivity index (χ0n) is 10.8. The van der Waals surface area contributed by atoms with Crippen LogP contribution < -0.4 is 5.32 Å². The average molecular weight is 229 g/mol. The smallest absolute Gasteiger partial charge is 0.222 e. The number of hydrogen-bond acceptors (Lipinski definition) is 3. The fourth-order valence-electron chi connectivity index (χ4n) is 1.03. The van der Waals surface area contributed by atoms with E-state index in [0.29, 0.717) is 26.2 Å². The second-order valence-electron chi connectivity index (χ2n) is 4.50. The van der Waals surface area contributed by atoms with E-state index in [1.54, 1.807) is 7.11 Å². The maximum atomic E-state index is 11.5. The van der Waals surface area contributed by atoms with Crippen molar-refractivity contribution >= 4 is 5.91 Å². The van der Waals surface area contributed by atoms with Gasteiger partial charge in [0.25, 0.3) is 0 Å². The fraction of sp³-hybridized carbons (Fsp3) is 0.750. The lowest BCUT2D eigenvalue weighted by molar-refractivity contribution is -0.126. The minimum Gasteiger partial charge on any atom is -0.378 e. The number of rotatable bonds is 8. The molecule has 0 saturated carbocycles. The summed E-state index contributed by atoms with van der Waals surface area (Å²) in [6, 6.07) is 0. The number of carbonyl (C=O) groups excluding carboxylic acids is 1. The molecule has 0 spiro atoms. The number of ether oxygens (including phenoxy) is 2. The van der Waals surface area contributed by atoms with E-state index >= 15 is 0 Å². The summed E-state index contributed by atoms with van der Waals surface area (Å²) in [6.07, 6.45) is 0.351. The lowest BCUT2D eigenvalue weighted by atomic mass is 10.1. The first-order valence-corrected chi connectivity index (χ1v) is 5.41. The molecule has 0 aromatic rings. The zero-order chi connectivity index (χ0) is 12.6. The summed E-state index contributed by atoms with van der Waals surface area (Å²) < 4.78 is 10.4. The van der Waals surface area contributed by atoms with E-state index in [-0.39, 0.29) is 5.91 Å². The summed E-state index contributed by atoms with van der Waals surface area (Å²) in [5.41, 5.74) is 0.565. The SMILES string of the molecule is C=C(C)COCCNC(=O)CC(C)(C)OC. The summed E-state index contributed by atoms with van der Waals surface area (Å²) in [7, 11) is 1.60. The molecule has 94 valence electrons. The van der Waals surface area contributed by atoms with Crippen molar-refractivity contribution < 1.29 is 14.3 Å². The predicted molar refractivity (Wildman–Crippen MR) is 64.3 cm³/mol. The van der Waals surface area contributed by atoms with Crippen LogP contribution in [0.4, 0.5) is 0 Å². The zero-order valence-corrected chi connectivity index (χ0v) is 10.8. The van der Waals surface area contributed by atoms with E-state index in [1.807, 2.05) is 20.8 Å². The first-order valence-electron chi connectivity index (χ1n) is 5.41. The third-order valence-electron chi connectivity index (χ3n) is 2.06. The second kappa shape index (κ2) is 7.41. The first kappa shape index (κ1) is 15.1. The first-order chi connectivity index (χ1) is 7.37. The molecule has 0 radical (unpaired) electrons. The highest BCUT2D eigenvalue weighted by Crippen LogP contribution is 2.11. The van der Waals surface area contributed by atoms with E-state index in [2.05, 4.69) is 11.9 Å². The van der Waals surface area contributed by atoms with Gasteiger partial charge in [0, 0.05) is 13.7 Å². The van der Waals surface area contributed by atoms with Crippen LogP contribution in [0.1, 0.15) is 27.2 Å². The highest BCUT2D eigenvalue weighted by atomic mass is 16.5. The van der Waals surface area contributed by atoms with Crippen molar-refractivity contribution in [2.45, 2.75) is 32.8 Å². The van der Waals surface area contributed by atoms with Gasteiger partial charge in [0.1, 0.15) is 0 Å². The highest BCUT2D eigenvalue weighted by molar-refractivity contribution is 5.76. The van der Waals surface area contributed by atoms with Crippen molar-refractivity contribution in [2.75, 3.05) is 26.9 Å². The maximum Gasteiger partial charge on any atom is 0.222 e. The van der Waals surface area contributed by atoms with Crippen molar-refractivity contribution in [2.24, 2.45) is 0 Å². The third-order valence-corrected chi connectivity index (χ3v) is 2.06. The third kappa shape index (κ3) is 8.44. The van der Waals surface area contributed by atoms with E-state index in [1.165, 1.54) is 0 Å². The summed E-state index contributed by atoms with van der Waals surface area (Å²) >= 11 is 0. The number of methoxy groups -OCH3 is 1. The lowest BCUT2D eigenvalue weighted by Crippen LogP contribution is -2.35. The molecule has 0 rings (SSSR count). The van der Waals surface area contributed by atoms with Crippen LogP contribution in [0.2, 0.25) is 0 Å². The van der Waals surface area contributed by atoms with Crippen LogP contribution in [0, 0.1) is 0 Å². The van der Waals surface area contributed by atoms with Gasteiger partial charge in [0.2, 0.25) is 5.91 Å². The van der Waals surface area contributed by atoms with Crippen LogP contribution >= 0.6 is 0 Å². The fourth-order valence-corrected chi connectivity index (χ4v) is 1.03. The molecular formula is C12H23NO3. The summed E-state index contributed by atoms with van der Waals surface area (Å²) in [5.74, 6) is -0.0224. The molecule has 0 unspecified atom stereocenters. The quantitative estimate of drug-likeness (QED) is 0.507. The Morgan fingerprint density at radius 3 is 2.56 bits per heavy atom. The molecule has 4 nitrogen and oxygen atoms in total. The molecule has 0 aromatic heterocycles. The topological polar surface area (TPSA) is 47.6 Å². The molecule has 0 saturated heterocycles. The highest BCUT2D eigenvalue weighted by Gasteiger charge is 2.20. The second-order valence-corrected chi connectivity index (χ2v) is 4.50. The Morgan fingerprint density at radius 2 is 2.06 bits per heavy atom. The standard InChI is InChI=1S/C12H23NO3/c1-10(2)9-16-7-6-13-11(14)8-12(3,4)15-5/h1,6-9H2,2-5H3,(H,13,14). The van der Waals surface area contributed by atoms with E-state index in [0.717, 1.165) is 5.57 Å². The summed E-state index contributed by atoms with van der Waals surface area (Å²) in [6.45, 7) is 10.9. The average Bonchev–Trinajstić information content (AvgIpc) is 2.16. The van der Waals surface area contributed by atoms with Gasteiger partial charge < -0.3 is 14.8 Å². The monoisotopic (exact) mass is 229 g/mol. The predicted octanol–water partition coefficient (Wildman–Crippen LogP) is 1.51. The van der Waals surface area contributed by atoms with Gasteiger partial charge in [0.15, 0.2) is 0 Å². The van der Waals surface area contributed by atoms with Gasteiger partial charge in [-0.05, 0) is 20.8 Å². The van der Waals surface area contributed by atoms with Gasteiger partial charge in [-0.25, -0.2) is 0 Å². The number of amides is 1. The Morgan fingerprint density at radius 1 is 1.44 bits per heavy atom. The lowest BCUT2D eigenvalue weighted by Gasteiger charge is -2.21. The molecule has 0 atom stereocenters. The van der Waals surface area contributed by atoms with Crippen molar-refractivity contribution in [3.8, 4) is 0 Å². The molecular weight excluding hydrogens is 206 g/mol. The molecule has 0 aromatic carbocycles. The molecule has 1 amide bonds. The Bertz CT molecular complexity index is 236. The van der Waals surface area contributed by atoms with Gasteiger partial charge in [-0.15, -0.1) is 0 Å². The Hall–Kier alpha value is -0.870. The Balaban J connectivity index is 3.55. The van der Waals surface area contributed by atoms with Gasteiger partial charge in [-0.1, -0.05) is 12.2 Å². The van der Waals surface area contributed by atoms with Crippen LogP contribution in [0.3, 0.4) is 0 Å². The van der Waals surface area contributed by atoms with Crippen molar-refractivity contribution in [1.82, 2.24) is 5.32 Å². The minimum absolute atomic E-state index is 0.0224. The minimum atomic E-state index is -0.414. The summed E-state index contributed by atoms with van der Waals surface area (Å²) in [5, 5.41) is 2.77. The van der Waals surface area contributed by atoms with Crippen LogP contribution in [0.15, 0.2) is 12.2 Å². The molecule has 0 aliphatic heterocycles. The van der Waals surface area contributed by atoms with Crippen molar-refractivity contribution in [1.29, 1.82) is 0 Å². The molecule has 0 fully saturated rings. The van der Waals surface area contributed by atoms with Gasteiger partial charge in [-0.3, -0.25) is 4.79 Å². The number of hydrogen-bond donors (Lipinski definition) is 1. The normalized spacial score (nSPS) is 11.2. The largest absolute Gasteiger partial charge is 0.378 e. The summed E-state index contributed by atoms with van der Waals surface area (Å²) in [4.78, 5) is 11.5. The van der Waals surface area contributed by atoms with Crippen molar-refractivity contribution in [3.05, 3.63) is 12.2 Å². The van der Waals surface area contributed by atoms with Crippen LogP contribution in [-0.2, 0) is 14.3 Å². The van der Waals surface area contributed by atoms with Crippen LogP contribution in [0.5, 0.6) is 0 Å². The molecule has 16 heavy (non-hydrogen) atoms. The molecule has 4 heteroatoms. The van der Waals surface area contributed by atoms with Gasteiger partial charge >= 0.3 is 0 Å². The van der Waals surface area contributed by atoms with E-state index in [4.69, 9.17) is 9.47 Å². The molecule has 1 N–H and O–H groups in total. The molecule has 0 aliphatic carbocycles. The van der Waals surface area contributed by atoms with Crippen LogP contribution in [0.25, 0.3) is 0 Å². The Kier molecular flexibility index (Phi) is 7.01. The molecule has 0 aliphatic rings.